The van der Waals surface area contributed by atoms with E-state index in [1.807, 2.05) is 72.8 Å². The number of carbonyl (C=O) groups excluding carboxylic acids is 2. The molecule has 0 atom stereocenters. The molecule has 0 unspecified atom stereocenters. The third-order valence-corrected chi connectivity index (χ3v) is 7.51. The number of aliphatic carboxylic acids is 1. The molecular formula is C37H40N2O4. The average molecular weight is 577 g/mol. The predicted octanol–water partition coefficient (Wildman–Crippen LogP) is 7.13. The third-order valence-electron chi connectivity index (χ3n) is 7.51. The number of amides is 2. The zero-order chi connectivity index (χ0) is 30.8. The zero-order valence-electron chi connectivity index (χ0n) is 25.2. The molecular weight excluding hydrogens is 536 g/mol. The van der Waals surface area contributed by atoms with Crippen molar-refractivity contribution >= 4 is 17.8 Å². The molecule has 222 valence electrons. The number of benzene rings is 4. The van der Waals surface area contributed by atoms with Gasteiger partial charge in [0.25, 0.3) is 11.8 Å². The van der Waals surface area contributed by atoms with Crippen molar-refractivity contribution in [1.29, 1.82) is 0 Å². The van der Waals surface area contributed by atoms with E-state index in [-0.39, 0.29) is 30.2 Å². The van der Waals surface area contributed by atoms with E-state index in [4.69, 9.17) is 0 Å². The highest BCUT2D eigenvalue weighted by Gasteiger charge is 2.22. The van der Waals surface area contributed by atoms with Crippen molar-refractivity contribution in [3.05, 3.63) is 131 Å². The van der Waals surface area contributed by atoms with Crippen LogP contribution in [0.3, 0.4) is 0 Å². The van der Waals surface area contributed by atoms with E-state index < -0.39 is 5.97 Å². The van der Waals surface area contributed by atoms with Gasteiger partial charge in [0, 0.05) is 30.8 Å². The first-order valence-electron chi connectivity index (χ1n) is 14.7. The van der Waals surface area contributed by atoms with Gasteiger partial charge in [-0.1, -0.05) is 112 Å². The first kappa shape index (κ1) is 31.2. The highest BCUT2D eigenvalue weighted by molar-refractivity contribution is 6.06. The second-order valence-electron chi connectivity index (χ2n) is 11.7. The van der Waals surface area contributed by atoms with E-state index >= 15 is 0 Å². The number of carbonyl (C=O) groups is 3. The van der Waals surface area contributed by atoms with Crippen molar-refractivity contribution in [3.63, 3.8) is 0 Å². The highest BCUT2D eigenvalue weighted by atomic mass is 16.4. The van der Waals surface area contributed by atoms with Gasteiger partial charge in [-0.3, -0.25) is 14.4 Å². The Hall–Kier alpha value is -4.71. The van der Waals surface area contributed by atoms with Crippen LogP contribution in [0, 0.1) is 0 Å². The molecule has 0 aliphatic rings. The SMILES string of the molecule is CC(C)(C)c1ccc(CNC(=O)c2ccccc2-c2ccccc2C(=O)N(CCCc2ccccc2)CCC(=O)O)cc1. The Kier molecular flexibility index (Phi) is 10.5. The summed E-state index contributed by atoms with van der Waals surface area (Å²) in [6.07, 6.45) is 1.34. The maximum absolute atomic E-state index is 13.9. The smallest absolute Gasteiger partial charge is 0.305 e. The molecule has 0 spiro atoms. The van der Waals surface area contributed by atoms with E-state index in [2.05, 4.69) is 38.2 Å². The Morgan fingerprint density at radius 3 is 1.91 bits per heavy atom. The first-order valence-corrected chi connectivity index (χ1v) is 14.7. The largest absolute Gasteiger partial charge is 0.481 e. The number of nitrogens with one attached hydrogen (secondary N) is 1. The van der Waals surface area contributed by atoms with Crippen molar-refractivity contribution in [2.45, 2.75) is 52.0 Å². The summed E-state index contributed by atoms with van der Waals surface area (Å²) in [5.74, 6) is -1.44. The summed E-state index contributed by atoms with van der Waals surface area (Å²) in [4.78, 5) is 40.4. The second kappa shape index (κ2) is 14.5. The number of carboxylic acids is 1. The minimum absolute atomic E-state index is 0.0522. The van der Waals surface area contributed by atoms with Gasteiger partial charge < -0.3 is 15.3 Å². The molecule has 0 aliphatic carbocycles. The van der Waals surface area contributed by atoms with Gasteiger partial charge in [0.1, 0.15) is 0 Å². The summed E-state index contributed by atoms with van der Waals surface area (Å²) >= 11 is 0. The lowest BCUT2D eigenvalue weighted by molar-refractivity contribution is -0.137. The number of nitrogens with zero attached hydrogens (tertiary/aromatic N) is 1. The molecule has 0 bridgehead atoms. The van der Waals surface area contributed by atoms with E-state index in [9.17, 15) is 19.5 Å². The van der Waals surface area contributed by atoms with Crippen LogP contribution in [0.25, 0.3) is 11.1 Å². The molecule has 6 nitrogen and oxygen atoms in total. The second-order valence-corrected chi connectivity index (χ2v) is 11.7. The molecule has 4 aromatic rings. The Bertz CT molecular complexity index is 1540. The molecule has 2 N–H and O–H groups in total. The Labute approximate surface area is 254 Å². The van der Waals surface area contributed by atoms with Crippen LogP contribution < -0.4 is 5.32 Å². The van der Waals surface area contributed by atoms with Crippen molar-refractivity contribution in [3.8, 4) is 11.1 Å². The Balaban J connectivity index is 1.54. The van der Waals surface area contributed by atoms with E-state index in [0.29, 0.717) is 41.8 Å². The van der Waals surface area contributed by atoms with Crippen molar-refractivity contribution < 1.29 is 19.5 Å². The molecule has 0 aromatic heterocycles. The van der Waals surface area contributed by atoms with Gasteiger partial charge >= 0.3 is 5.97 Å². The molecule has 0 saturated carbocycles. The fourth-order valence-electron chi connectivity index (χ4n) is 5.06. The van der Waals surface area contributed by atoms with Crippen LogP contribution in [-0.4, -0.2) is 40.9 Å². The molecule has 0 radical (unpaired) electrons. The van der Waals surface area contributed by atoms with Gasteiger partial charge in [0.2, 0.25) is 0 Å². The Morgan fingerprint density at radius 1 is 0.698 bits per heavy atom. The molecule has 4 aromatic carbocycles. The number of hydrogen-bond donors (Lipinski definition) is 2. The van der Waals surface area contributed by atoms with Crippen LogP contribution in [0.15, 0.2) is 103 Å². The number of rotatable bonds is 12. The zero-order valence-corrected chi connectivity index (χ0v) is 25.2. The maximum Gasteiger partial charge on any atom is 0.305 e. The highest BCUT2D eigenvalue weighted by Crippen LogP contribution is 2.29. The van der Waals surface area contributed by atoms with Crippen LogP contribution in [0.2, 0.25) is 0 Å². The number of hydrogen-bond acceptors (Lipinski definition) is 3. The van der Waals surface area contributed by atoms with Gasteiger partial charge in [-0.2, -0.15) is 0 Å². The third kappa shape index (κ3) is 8.65. The predicted molar refractivity (Wildman–Crippen MR) is 171 cm³/mol. The standard InChI is InChI=1S/C37H40N2O4/c1-37(2,3)29-21-19-28(20-22-29)26-38-35(42)32-17-9-7-15-30(32)31-16-8-10-18-33(31)36(43)39(25-23-34(40)41)24-11-14-27-12-5-4-6-13-27/h4-10,12-13,15-22H,11,14,23-26H2,1-3H3,(H,38,42)(H,40,41). The van der Waals surface area contributed by atoms with Gasteiger partial charge in [0.15, 0.2) is 0 Å². The maximum atomic E-state index is 13.9. The monoisotopic (exact) mass is 576 g/mol. The fourth-order valence-corrected chi connectivity index (χ4v) is 5.06. The Morgan fingerprint density at radius 2 is 1.28 bits per heavy atom. The molecule has 0 saturated heterocycles. The summed E-state index contributed by atoms with van der Waals surface area (Å²) in [5, 5.41) is 12.4. The summed E-state index contributed by atoms with van der Waals surface area (Å²) in [6, 6.07) is 32.7. The summed E-state index contributed by atoms with van der Waals surface area (Å²) in [5.41, 5.74) is 5.63. The molecule has 0 heterocycles. The van der Waals surface area contributed by atoms with Gasteiger partial charge in [-0.15, -0.1) is 0 Å². The lowest BCUT2D eigenvalue weighted by Gasteiger charge is -2.24. The molecule has 43 heavy (non-hydrogen) atoms. The number of carboxylic acid groups (broad SMARTS) is 1. The van der Waals surface area contributed by atoms with Crippen LogP contribution in [0.5, 0.6) is 0 Å². The first-order chi connectivity index (χ1) is 20.6. The lowest BCUT2D eigenvalue weighted by Crippen LogP contribution is -2.34. The molecule has 0 aliphatic heterocycles. The lowest BCUT2D eigenvalue weighted by atomic mass is 9.87. The van der Waals surface area contributed by atoms with Crippen LogP contribution in [-0.2, 0) is 23.2 Å². The van der Waals surface area contributed by atoms with Gasteiger partial charge in [-0.05, 0) is 58.2 Å². The van der Waals surface area contributed by atoms with Crippen LogP contribution >= 0.6 is 0 Å². The average Bonchev–Trinajstić information content (AvgIpc) is 3.01. The topological polar surface area (TPSA) is 86.7 Å². The molecule has 6 heteroatoms. The van der Waals surface area contributed by atoms with Crippen molar-refractivity contribution in [2.24, 2.45) is 0 Å². The van der Waals surface area contributed by atoms with E-state index in [1.165, 1.54) is 11.1 Å². The fraction of sp³-hybridized carbons (Fsp3) is 0.270. The van der Waals surface area contributed by atoms with Crippen LogP contribution in [0.1, 0.15) is 71.0 Å². The molecule has 4 rings (SSSR count). The van der Waals surface area contributed by atoms with Gasteiger partial charge in [0.05, 0.1) is 6.42 Å². The van der Waals surface area contributed by atoms with Gasteiger partial charge in [-0.25, -0.2) is 0 Å². The van der Waals surface area contributed by atoms with Crippen molar-refractivity contribution in [1.82, 2.24) is 10.2 Å². The normalized spacial score (nSPS) is 11.1. The van der Waals surface area contributed by atoms with E-state index in [0.717, 1.165) is 12.0 Å². The van der Waals surface area contributed by atoms with E-state index in [1.54, 1.807) is 23.1 Å². The minimum Gasteiger partial charge on any atom is -0.481 e. The van der Waals surface area contributed by atoms with Crippen LogP contribution in [0.4, 0.5) is 0 Å². The minimum atomic E-state index is -0.954. The number of aryl methyl sites for hydroxylation is 1. The molecule has 0 fully saturated rings. The summed E-state index contributed by atoms with van der Waals surface area (Å²) in [7, 11) is 0. The summed E-state index contributed by atoms with van der Waals surface area (Å²) < 4.78 is 0. The quantitative estimate of drug-likeness (QED) is 0.188. The molecule has 2 amide bonds. The van der Waals surface area contributed by atoms with Crippen molar-refractivity contribution in [2.75, 3.05) is 13.1 Å². The summed E-state index contributed by atoms with van der Waals surface area (Å²) in [6.45, 7) is 7.40.